The topological polar surface area (TPSA) is 58.2 Å². The molecule has 1 aromatic carbocycles. The second kappa shape index (κ2) is 8.99. The van der Waals surface area contributed by atoms with Crippen molar-refractivity contribution >= 4 is 11.8 Å². The second-order valence-electron chi connectivity index (χ2n) is 12.5. The molecular weight excluding hydrogens is 522 g/mol. The fourth-order valence-electron chi connectivity index (χ4n) is 8.40. The summed E-state index contributed by atoms with van der Waals surface area (Å²) in [6.07, 6.45) is -5.76. The number of amides is 2. The van der Waals surface area contributed by atoms with E-state index in [-0.39, 0.29) is 35.5 Å². The van der Waals surface area contributed by atoms with Crippen LogP contribution in [0.1, 0.15) is 69.9 Å². The van der Waals surface area contributed by atoms with Gasteiger partial charge in [0.15, 0.2) is 0 Å². The van der Waals surface area contributed by atoms with E-state index in [0.717, 1.165) is 17.8 Å². The highest BCUT2D eigenvalue weighted by Crippen LogP contribution is 2.65. The van der Waals surface area contributed by atoms with Crippen molar-refractivity contribution < 1.29 is 35.9 Å². The summed E-state index contributed by atoms with van der Waals surface area (Å²) in [4.78, 5) is 25.6. The zero-order chi connectivity index (χ0) is 28.6. The molecule has 0 bridgehead atoms. The van der Waals surface area contributed by atoms with Crippen LogP contribution >= 0.6 is 0 Å². The van der Waals surface area contributed by atoms with Gasteiger partial charge in [-0.3, -0.25) is 9.59 Å². The number of alkyl halides is 6. The van der Waals surface area contributed by atoms with Gasteiger partial charge in [-0.1, -0.05) is 49.8 Å². The third-order valence-corrected chi connectivity index (χ3v) is 10.6. The molecule has 0 unspecified atom stereocenters. The zero-order valence-electron chi connectivity index (χ0n) is 22.2. The quantitative estimate of drug-likeness (QED) is 0.408. The number of nitrogens with one attached hydrogen (secondary N) is 2. The average Bonchev–Trinajstić information content (AvgIpc) is 3.19. The molecule has 214 valence electrons. The summed E-state index contributed by atoms with van der Waals surface area (Å²) in [7, 11) is 0. The van der Waals surface area contributed by atoms with E-state index in [0.29, 0.717) is 44.1 Å². The zero-order valence-corrected chi connectivity index (χ0v) is 22.2. The van der Waals surface area contributed by atoms with Crippen LogP contribution in [0.25, 0.3) is 0 Å². The molecule has 1 aliphatic heterocycles. The first kappa shape index (κ1) is 28.0. The lowest BCUT2D eigenvalue weighted by atomic mass is 9.49. The molecule has 1 saturated heterocycles. The van der Waals surface area contributed by atoms with Crippen molar-refractivity contribution in [3.8, 4) is 0 Å². The Morgan fingerprint density at radius 1 is 0.949 bits per heavy atom. The smallest absolute Gasteiger partial charge is 0.331 e. The molecule has 2 saturated carbocycles. The lowest BCUT2D eigenvalue weighted by Gasteiger charge is -2.57. The van der Waals surface area contributed by atoms with Gasteiger partial charge in [-0.25, -0.2) is 0 Å². The van der Waals surface area contributed by atoms with Crippen molar-refractivity contribution in [3.63, 3.8) is 0 Å². The van der Waals surface area contributed by atoms with Gasteiger partial charge in [-0.05, 0) is 74.2 Å². The molecule has 10 heteroatoms. The maximum atomic E-state index is 14.4. The van der Waals surface area contributed by atoms with Gasteiger partial charge in [0, 0.05) is 23.5 Å². The van der Waals surface area contributed by atoms with Crippen molar-refractivity contribution in [2.45, 2.75) is 83.6 Å². The summed E-state index contributed by atoms with van der Waals surface area (Å²) in [5.41, 5.74) is -5.09. The van der Waals surface area contributed by atoms with E-state index < -0.39 is 40.7 Å². The van der Waals surface area contributed by atoms with Gasteiger partial charge in [-0.2, -0.15) is 26.3 Å². The standard InChI is InChI=1S/C29H34F6N2O2/c1-16-4-6-17(7-5-16)27(28(30,31)32,29(33,34)35)37-24(39)21-10-9-19-18-8-11-22-26(3,15-13-23(38)36-22)20(18)12-14-25(19,21)2/h4-7,11,18-21H,8-10,12-15H2,1-3H3,(H,36,38)(H,37,39)/t18-,19-,20-,21+,25-,26+/m0/s1. The molecule has 2 N–H and O–H groups in total. The number of halogens is 6. The molecule has 4 aliphatic rings. The summed E-state index contributed by atoms with van der Waals surface area (Å²) in [5, 5.41) is 4.53. The Hall–Kier alpha value is -2.52. The lowest BCUT2D eigenvalue weighted by molar-refractivity contribution is -0.312. The van der Waals surface area contributed by atoms with Crippen LogP contribution in [0.2, 0.25) is 0 Å². The first-order chi connectivity index (χ1) is 18.0. The van der Waals surface area contributed by atoms with Gasteiger partial charge in [0.05, 0.1) is 0 Å². The highest BCUT2D eigenvalue weighted by molar-refractivity contribution is 5.81. The fraction of sp³-hybridized carbons (Fsp3) is 0.655. The number of carbonyl (C=O) groups is 2. The number of hydrogen-bond donors (Lipinski definition) is 2. The first-order valence-electron chi connectivity index (χ1n) is 13.6. The van der Waals surface area contributed by atoms with E-state index >= 15 is 0 Å². The molecule has 6 atom stereocenters. The van der Waals surface area contributed by atoms with Crippen LogP contribution in [-0.4, -0.2) is 24.2 Å². The van der Waals surface area contributed by atoms with Gasteiger partial charge >= 0.3 is 12.4 Å². The Labute approximate surface area is 224 Å². The number of carbonyl (C=O) groups excluding carboxylic acids is 2. The summed E-state index contributed by atoms with van der Waals surface area (Å²) >= 11 is 0. The van der Waals surface area contributed by atoms with E-state index in [1.807, 2.05) is 13.0 Å². The highest BCUT2D eigenvalue weighted by atomic mass is 19.4. The van der Waals surface area contributed by atoms with E-state index in [4.69, 9.17) is 0 Å². The van der Waals surface area contributed by atoms with Crippen molar-refractivity contribution in [3.05, 3.63) is 47.2 Å². The Bertz CT molecular complexity index is 1180. The van der Waals surface area contributed by atoms with Crippen molar-refractivity contribution in [1.82, 2.24) is 10.6 Å². The molecule has 1 aromatic rings. The Morgan fingerprint density at radius 2 is 1.59 bits per heavy atom. The van der Waals surface area contributed by atoms with Crippen LogP contribution in [0.15, 0.2) is 36.0 Å². The second-order valence-corrected chi connectivity index (χ2v) is 12.5. The van der Waals surface area contributed by atoms with Gasteiger partial charge in [-0.15, -0.1) is 0 Å². The molecule has 4 nitrogen and oxygen atoms in total. The fourth-order valence-corrected chi connectivity index (χ4v) is 8.40. The number of piperidine rings is 1. The van der Waals surface area contributed by atoms with Crippen molar-refractivity contribution in [2.75, 3.05) is 0 Å². The lowest BCUT2D eigenvalue weighted by Crippen LogP contribution is -2.66. The monoisotopic (exact) mass is 556 g/mol. The molecule has 0 spiro atoms. The minimum atomic E-state index is -5.81. The molecule has 0 aromatic heterocycles. The average molecular weight is 557 g/mol. The third kappa shape index (κ3) is 4.10. The summed E-state index contributed by atoms with van der Waals surface area (Å²) in [6.45, 7) is 5.57. The molecule has 2 amide bonds. The largest absolute Gasteiger partial charge is 0.424 e. The predicted molar refractivity (Wildman–Crippen MR) is 132 cm³/mol. The first-order valence-corrected chi connectivity index (χ1v) is 13.6. The SMILES string of the molecule is Cc1ccc(C(NC(=O)[C@H]2CC[C@H]3[C@@H]4CC=C5NC(=O)CC[C@]5(C)[C@H]4CC[C@]23C)(C(F)(F)F)C(F)(F)F)cc1. The molecule has 3 aliphatic carbocycles. The van der Waals surface area contributed by atoms with E-state index in [2.05, 4.69) is 12.2 Å². The van der Waals surface area contributed by atoms with Crippen LogP contribution < -0.4 is 10.6 Å². The van der Waals surface area contributed by atoms with E-state index in [1.54, 1.807) is 6.92 Å². The maximum Gasteiger partial charge on any atom is 0.424 e. The van der Waals surface area contributed by atoms with E-state index in [1.165, 1.54) is 17.4 Å². The minimum Gasteiger partial charge on any atom is -0.331 e. The van der Waals surface area contributed by atoms with Crippen LogP contribution in [0.5, 0.6) is 0 Å². The number of rotatable bonds is 3. The molecule has 39 heavy (non-hydrogen) atoms. The van der Waals surface area contributed by atoms with Gasteiger partial charge in [0.2, 0.25) is 11.8 Å². The number of hydrogen-bond acceptors (Lipinski definition) is 2. The number of allylic oxidation sites excluding steroid dienone is 2. The Morgan fingerprint density at radius 3 is 2.21 bits per heavy atom. The van der Waals surface area contributed by atoms with Crippen LogP contribution in [0.3, 0.4) is 0 Å². The van der Waals surface area contributed by atoms with E-state index in [9.17, 15) is 35.9 Å². The van der Waals surface area contributed by atoms with Gasteiger partial charge < -0.3 is 10.6 Å². The molecule has 1 heterocycles. The van der Waals surface area contributed by atoms with Crippen molar-refractivity contribution in [1.29, 1.82) is 0 Å². The molecule has 0 radical (unpaired) electrons. The Balaban J connectivity index is 1.46. The number of benzene rings is 1. The van der Waals surface area contributed by atoms with Gasteiger partial charge in [0.1, 0.15) is 0 Å². The maximum absolute atomic E-state index is 14.4. The predicted octanol–water partition coefficient (Wildman–Crippen LogP) is 6.69. The van der Waals surface area contributed by atoms with Crippen LogP contribution in [0.4, 0.5) is 26.3 Å². The van der Waals surface area contributed by atoms with Crippen LogP contribution in [0, 0.1) is 41.4 Å². The molecular formula is C29H34F6N2O2. The third-order valence-electron chi connectivity index (χ3n) is 10.6. The van der Waals surface area contributed by atoms with Crippen molar-refractivity contribution in [2.24, 2.45) is 34.5 Å². The molecule has 5 rings (SSSR count). The highest BCUT2D eigenvalue weighted by Gasteiger charge is 2.73. The van der Waals surface area contributed by atoms with Crippen LogP contribution in [-0.2, 0) is 15.1 Å². The number of fused-ring (bicyclic) bond motifs is 5. The Kier molecular flexibility index (Phi) is 6.46. The summed E-state index contributed by atoms with van der Waals surface area (Å²) < 4.78 is 86.5. The summed E-state index contributed by atoms with van der Waals surface area (Å²) in [6, 6.07) is 3.94. The number of aryl methyl sites for hydroxylation is 1. The normalized spacial score (nSPS) is 34.8. The minimum absolute atomic E-state index is 0.00944. The molecule has 3 fully saturated rings. The summed E-state index contributed by atoms with van der Waals surface area (Å²) in [5.74, 6) is -1.81. The van der Waals surface area contributed by atoms with Gasteiger partial charge in [0.25, 0.3) is 5.54 Å².